The molecule has 0 saturated heterocycles. The lowest BCUT2D eigenvalue weighted by molar-refractivity contribution is 0.264. The van der Waals surface area contributed by atoms with Crippen molar-refractivity contribution in [1.29, 1.82) is 0 Å². The van der Waals surface area contributed by atoms with Crippen molar-refractivity contribution in [2.24, 2.45) is 5.92 Å². The van der Waals surface area contributed by atoms with E-state index in [0.29, 0.717) is 0 Å². The van der Waals surface area contributed by atoms with Gasteiger partial charge in [0.25, 0.3) is 0 Å². The molecule has 13 heavy (non-hydrogen) atoms. The van der Waals surface area contributed by atoms with Crippen LogP contribution in [0.1, 0.15) is 33.1 Å². The molecule has 0 fully saturated rings. The molecule has 0 aromatic carbocycles. The number of rotatable bonds is 8. The van der Waals surface area contributed by atoms with Crippen LogP contribution >= 0.6 is 0 Å². The molecule has 0 heterocycles. The Kier molecular flexibility index (Phi) is 8.46. The van der Waals surface area contributed by atoms with Crippen LogP contribution in [0.5, 0.6) is 0 Å². The van der Waals surface area contributed by atoms with E-state index >= 15 is 0 Å². The van der Waals surface area contributed by atoms with E-state index in [9.17, 15) is 0 Å². The van der Waals surface area contributed by atoms with Gasteiger partial charge in [-0.2, -0.15) is 0 Å². The standard InChI is InChI=1S/C11H26N2/c1-5-11(6-2)10-13(4)9-7-8-12-3/h11-12H,5-10H2,1-4H3. The van der Waals surface area contributed by atoms with Crippen molar-refractivity contribution in [2.45, 2.75) is 33.1 Å². The van der Waals surface area contributed by atoms with Crippen LogP contribution in [0.25, 0.3) is 0 Å². The Bertz CT molecular complexity index is 100. The van der Waals surface area contributed by atoms with Crippen LogP contribution in [0.15, 0.2) is 0 Å². The van der Waals surface area contributed by atoms with Crippen molar-refractivity contribution in [3.05, 3.63) is 0 Å². The Hall–Kier alpha value is -0.0800. The first-order chi connectivity index (χ1) is 6.24. The molecule has 0 spiro atoms. The van der Waals surface area contributed by atoms with Crippen LogP contribution in [0.4, 0.5) is 0 Å². The molecule has 0 aromatic rings. The predicted molar refractivity (Wildman–Crippen MR) is 60.1 cm³/mol. The van der Waals surface area contributed by atoms with Crippen molar-refractivity contribution < 1.29 is 0 Å². The lowest BCUT2D eigenvalue weighted by Gasteiger charge is -2.21. The highest BCUT2D eigenvalue weighted by Gasteiger charge is 2.06. The zero-order chi connectivity index (χ0) is 10.1. The van der Waals surface area contributed by atoms with Crippen LogP contribution in [0.3, 0.4) is 0 Å². The lowest BCUT2D eigenvalue weighted by atomic mass is 10.0. The molecule has 0 aliphatic rings. The van der Waals surface area contributed by atoms with E-state index in [1.807, 2.05) is 7.05 Å². The maximum absolute atomic E-state index is 3.18. The maximum Gasteiger partial charge on any atom is 0.000641 e. The Morgan fingerprint density at radius 2 is 1.85 bits per heavy atom. The summed E-state index contributed by atoms with van der Waals surface area (Å²) >= 11 is 0. The summed E-state index contributed by atoms with van der Waals surface area (Å²) in [6, 6.07) is 0. The molecule has 2 heteroatoms. The van der Waals surface area contributed by atoms with E-state index < -0.39 is 0 Å². The minimum atomic E-state index is 0.889. The van der Waals surface area contributed by atoms with Gasteiger partial charge in [-0.1, -0.05) is 26.7 Å². The monoisotopic (exact) mass is 186 g/mol. The van der Waals surface area contributed by atoms with Crippen LogP contribution in [-0.4, -0.2) is 38.6 Å². The average molecular weight is 186 g/mol. The summed E-state index contributed by atoms with van der Waals surface area (Å²) in [5, 5.41) is 3.18. The van der Waals surface area contributed by atoms with Crippen molar-refractivity contribution in [3.63, 3.8) is 0 Å². The summed E-state index contributed by atoms with van der Waals surface area (Å²) in [7, 11) is 4.24. The SMILES string of the molecule is CCC(CC)CN(C)CCCNC. The molecular formula is C11H26N2. The van der Waals surface area contributed by atoms with Crippen LogP contribution in [0, 0.1) is 5.92 Å². The topological polar surface area (TPSA) is 15.3 Å². The first kappa shape index (κ1) is 12.9. The van der Waals surface area contributed by atoms with E-state index in [0.717, 1.165) is 12.5 Å². The average Bonchev–Trinajstić information content (AvgIpc) is 2.14. The summed E-state index contributed by atoms with van der Waals surface area (Å²) < 4.78 is 0. The van der Waals surface area contributed by atoms with Gasteiger partial charge in [0.2, 0.25) is 0 Å². The second-order valence-corrected chi connectivity index (χ2v) is 3.90. The summed E-state index contributed by atoms with van der Waals surface area (Å²) in [5.41, 5.74) is 0. The Morgan fingerprint density at radius 1 is 1.23 bits per heavy atom. The molecule has 2 nitrogen and oxygen atoms in total. The van der Waals surface area contributed by atoms with Crippen LogP contribution in [-0.2, 0) is 0 Å². The third-order valence-electron chi connectivity index (χ3n) is 2.69. The van der Waals surface area contributed by atoms with Gasteiger partial charge in [0.15, 0.2) is 0 Å². The van der Waals surface area contributed by atoms with E-state index in [4.69, 9.17) is 0 Å². The molecule has 0 aromatic heterocycles. The smallest absolute Gasteiger partial charge is 0.000641 e. The summed E-state index contributed by atoms with van der Waals surface area (Å²) in [6.07, 6.45) is 3.88. The highest BCUT2D eigenvalue weighted by Crippen LogP contribution is 2.08. The summed E-state index contributed by atoms with van der Waals surface area (Å²) in [6.45, 7) is 8.19. The van der Waals surface area contributed by atoms with E-state index in [1.165, 1.54) is 32.4 Å². The molecule has 0 bridgehead atoms. The van der Waals surface area contributed by atoms with E-state index in [-0.39, 0.29) is 0 Å². The van der Waals surface area contributed by atoms with Crippen molar-refractivity contribution in [2.75, 3.05) is 33.7 Å². The van der Waals surface area contributed by atoms with Gasteiger partial charge in [-0.05, 0) is 39.5 Å². The maximum atomic E-state index is 3.18. The quantitative estimate of drug-likeness (QED) is 0.583. The minimum Gasteiger partial charge on any atom is -0.320 e. The Labute approximate surface area is 83.7 Å². The molecule has 0 amide bonds. The van der Waals surface area contributed by atoms with Gasteiger partial charge in [-0.15, -0.1) is 0 Å². The number of nitrogens with zero attached hydrogens (tertiary/aromatic N) is 1. The second kappa shape index (κ2) is 8.52. The largest absolute Gasteiger partial charge is 0.320 e. The van der Waals surface area contributed by atoms with Crippen LogP contribution < -0.4 is 5.32 Å². The summed E-state index contributed by atoms with van der Waals surface area (Å²) in [5.74, 6) is 0.889. The first-order valence-corrected chi connectivity index (χ1v) is 5.57. The third kappa shape index (κ3) is 7.03. The normalized spacial score (nSPS) is 11.5. The van der Waals surface area contributed by atoms with Crippen molar-refractivity contribution >= 4 is 0 Å². The van der Waals surface area contributed by atoms with Crippen molar-refractivity contribution in [1.82, 2.24) is 10.2 Å². The number of nitrogens with one attached hydrogen (secondary N) is 1. The zero-order valence-corrected chi connectivity index (χ0v) is 9.77. The Morgan fingerprint density at radius 3 is 2.31 bits per heavy atom. The van der Waals surface area contributed by atoms with Crippen LogP contribution in [0.2, 0.25) is 0 Å². The molecule has 0 aliphatic carbocycles. The van der Waals surface area contributed by atoms with Gasteiger partial charge < -0.3 is 10.2 Å². The van der Waals surface area contributed by atoms with Gasteiger partial charge in [-0.3, -0.25) is 0 Å². The van der Waals surface area contributed by atoms with Gasteiger partial charge in [0, 0.05) is 6.54 Å². The number of hydrogen-bond donors (Lipinski definition) is 1. The van der Waals surface area contributed by atoms with E-state index in [1.54, 1.807) is 0 Å². The molecule has 80 valence electrons. The predicted octanol–water partition coefficient (Wildman–Crippen LogP) is 1.96. The van der Waals surface area contributed by atoms with Gasteiger partial charge in [0.05, 0.1) is 0 Å². The second-order valence-electron chi connectivity index (χ2n) is 3.90. The highest BCUT2D eigenvalue weighted by molar-refractivity contribution is 4.61. The molecule has 0 atom stereocenters. The van der Waals surface area contributed by atoms with Gasteiger partial charge in [-0.25, -0.2) is 0 Å². The molecule has 0 saturated carbocycles. The van der Waals surface area contributed by atoms with E-state index in [2.05, 4.69) is 31.1 Å². The lowest BCUT2D eigenvalue weighted by Crippen LogP contribution is -2.27. The molecular weight excluding hydrogens is 160 g/mol. The highest BCUT2D eigenvalue weighted by atomic mass is 15.1. The Balaban J connectivity index is 3.42. The molecule has 0 radical (unpaired) electrons. The zero-order valence-electron chi connectivity index (χ0n) is 9.77. The molecule has 0 aliphatic heterocycles. The fourth-order valence-corrected chi connectivity index (χ4v) is 1.60. The fourth-order valence-electron chi connectivity index (χ4n) is 1.60. The van der Waals surface area contributed by atoms with Gasteiger partial charge >= 0.3 is 0 Å². The van der Waals surface area contributed by atoms with Crippen molar-refractivity contribution in [3.8, 4) is 0 Å². The third-order valence-corrected chi connectivity index (χ3v) is 2.69. The number of hydrogen-bond acceptors (Lipinski definition) is 2. The minimum absolute atomic E-state index is 0.889. The molecule has 0 rings (SSSR count). The summed E-state index contributed by atoms with van der Waals surface area (Å²) in [4.78, 5) is 2.45. The molecule has 0 unspecified atom stereocenters. The van der Waals surface area contributed by atoms with Gasteiger partial charge in [0.1, 0.15) is 0 Å². The first-order valence-electron chi connectivity index (χ1n) is 5.57. The molecule has 1 N–H and O–H groups in total. The fraction of sp³-hybridized carbons (Fsp3) is 1.00.